The molecule has 1 N–H and O–H groups in total. The van der Waals surface area contributed by atoms with Crippen LogP contribution in [0.5, 0.6) is 0 Å². The third-order valence-corrected chi connectivity index (χ3v) is 7.62. The van der Waals surface area contributed by atoms with Crippen LogP contribution < -0.4 is 5.32 Å². The van der Waals surface area contributed by atoms with E-state index in [1.807, 2.05) is 13.8 Å². The molecular weight excluding hydrogens is 415 g/mol. The molecule has 2 aromatic carbocycles. The highest BCUT2D eigenvalue weighted by Crippen LogP contribution is 2.28. The van der Waals surface area contributed by atoms with E-state index in [9.17, 15) is 17.6 Å². The standard InChI is InChI=1S/C21H24ClFN2O3S/c1-3-16-6-4-5-11-25(16)29(27,28)17-9-10-20(23)18(13-17)21(26)24-15-8-7-14(2)19(22)12-15/h7-10,12-13,16H,3-6,11H2,1-2H3,(H,24,26). The number of amides is 1. The molecule has 2 aromatic rings. The quantitative estimate of drug-likeness (QED) is 0.714. The summed E-state index contributed by atoms with van der Waals surface area (Å²) in [6, 6.07) is 8.21. The van der Waals surface area contributed by atoms with Gasteiger partial charge >= 0.3 is 0 Å². The second-order valence-corrected chi connectivity index (χ2v) is 9.53. The van der Waals surface area contributed by atoms with Crippen molar-refractivity contribution >= 4 is 33.2 Å². The summed E-state index contributed by atoms with van der Waals surface area (Å²) in [4.78, 5) is 12.5. The molecule has 1 aliphatic heterocycles. The first-order valence-electron chi connectivity index (χ1n) is 9.63. The van der Waals surface area contributed by atoms with Crippen LogP contribution in [-0.4, -0.2) is 31.2 Å². The lowest BCUT2D eigenvalue weighted by molar-refractivity contribution is 0.102. The van der Waals surface area contributed by atoms with Crippen LogP contribution in [0.4, 0.5) is 10.1 Å². The Bertz CT molecular complexity index is 1030. The van der Waals surface area contributed by atoms with Crippen LogP contribution in [0.1, 0.15) is 48.5 Å². The Labute approximate surface area is 175 Å². The van der Waals surface area contributed by atoms with Gasteiger partial charge < -0.3 is 5.32 Å². The van der Waals surface area contributed by atoms with Gasteiger partial charge in [-0.25, -0.2) is 12.8 Å². The number of piperidine rings is 1. The Balaban J connectivity index is 1.90. The molecule has 29 heavy (non-hydrogen) atoms. The molecule has 5 nitrogen and oxygen atoms in total. The van der Waals surface area contributed by atoms with Crippen molar-refractivity contribution in [3.63, 3.8) is 0 Å². The minimum atomic E-state index is -3.82. The van der Waals surface area contributed by atoms with Gasteiger partial charge in [0, 0.05) is 23.3 Å². The van der Waals surface area contributed by atoms with Crippen molar-refractivity contribution < 1.29 is 17.6 Å². The van der Waals surface area contributed by atoms with Crippen LogP contribution >= 0.6 is 11.6 Å². The molecule has 0 radical (unpaired) electrons. The summed E-state index contributed by atoms with van der Waals surface area (Å²) in [5.74, 6) is -1.52. The summed E-state index contributed by atoms with van der Waals surface area (Å²) in [6.45, 7) is 4.21. The van der Waals surface area contributed by atoms with Gasteiger partial charge in [-0.3, -0.25) is 4.79 Å². The zero-order chi connectivity index (χ0) is 21.2. The molecule has 1 amide bonds. The highest BCUT2D eigenvalue weighted by molar-refractivity contribution is 7.89. The number of carbonyl (C=O) groups excluding carboxylic acids is 1. The number of nitrogens with zero attached hydrogens (tertiary/aromatic N) is 1. The lowest BCUT2D eigenvalue weighted by Crippen LogP contribution is -2.43. The zero-order valence-corrected chi connectivity index (χ0v) is 18.0. The van der Waals surface area contributed by atoms with Crippen LogP contribution in [0.3, 0.4) is 0 Å². The predicted octanol–water partition coefficient (Wildman–Crippen LogP) is 4.99. The number of sulfonamides is 1. The molecule has 1 aliphatic rings. The molecule has 3 rings (SSSR count). The van der Waals surface area contributed by atoms with E-state index in [2.05, 4.69) is 5.32 Å². The number of rotatable bonds is 5. The smallest absolute Gasteiger partial charge is 0.258 e. The first kappa shape index (κ1) is 21.7. The molecule has 156 valence electrons. The fourth-order valence-corrected chi connectivity index (χ4v) is 5.52. The third-order valence-electron chi connectivity index (χ3n) is 5.26. The number of aryl methyl sites for hydroxylation is 1. The van der Waals surface area contributed by atoms with Gasteiger partial charge in [0.05, 0.1) is 10.5 Å². The lowest BCUT2D eigenvalue weighted by Gasteiger charge is -2.34. The molecular formula is C21H24ClFN2O3S. The van der Waals surface area contributed by atoms with E-state index in [1.54, 1.807) is 18.2 Å². The predicted molar refractivity (Wildman–Crippen MR) is 112 cm³/mol. The summed E-state index contributed by atoms with van der Waals surface area (Å²) in [5.41, 5.74) is 0.920. The molecule has 1 atom stereocenters. The van der Waals surface area contributed by atoms with Crippen molar-refractivity contribution in [2.75, 3.05) is 11.9 Å². The fourth-order valence-electron chi connectivity index (χ4n) is 3.54. The van der Waals surface area contributed by atoms with Crippen LogP contribution in [0.25, 0.3) is 0 Å². The molecule has 1 fully saturated rings. The SMILES string of the molecule is CCC1CCCCN1S(=O)(=O)c1ccc(F)c(C(=O)Nc2ccc(C)c(Cl)c2)c1. The number of nitrogens with one attached hydrogen (secondary N) is 1. The highest BCUT2D eigenvalue weighted by atomic mass is 35.5. The molecule has 0 saturated carbocycles. The highest BCUT2D eigenvalue weighted by Gasteiger charge is 2.33. The Morgan fingerprint density at radius 2 is 2.00 bits per heavy atom. The first-order valence-corrected chi connectivity index (χ1v) is 11.4. The summed E-state index contributed by atoms with van der Waals surface area (Å²) in [7, 11) is -3.82. The van der Waals surface area contributed by atoms with Crippen LogP contribution in [0.15, 0.2) is 41.3 Å². The molecule has 1 heterocycles. The van der Waals surface area contributed by atoms with E-state index < -0.39 is 21.7 Å². The van der Waals surface area contributed by atoms with Crippen LogP contribution in [0.2, 0.25) is 5.02 Å². The van der Waals surface area contributed by atoms with Crippen molar-refractivity contribution in [2.45, 2.75) is 50.5 Å². The lowest BCUT2D eigenvalue weighted by atomic mass is 10.0. The van der Waals surface area contributed by atoms with E-state index in [-0.39, 0.29) is 16.5 Å². The van der Waals surface area contributed by atoms with Crippen molar-refractivity contribution in [2.24, 2.45) is 0 Å². The van der Waals surface area contributed by atoms with E-state index >= 15 is 0 Å². The number of carbonyl (C=O) groups is 1. The van der Waals surface area contributed by atoms with Gasteiger partial charge in [-0.2, -0.15) is 4.31 Å². The molecule has 0 aliphatic carbocycles. The van der Waals surface area contributed by atoms with Crippen molar-refractivity contribution in [1.29, 1.82) is 0 Å². The fraction of sp³-hybridized carbons (Fsp3) is 0.381. The summed E-state index contributed by atoms with van der Waals surface area (Å²) < 4.78 is 42.1. The average Bonchev–Trinajstić information content (AvgIpc) is 2.70. The van der Waals surface area contributed by atoms with Gasteiger partial charge in [0.25, 0.3) is 5.91 Å². The van der Waals surface area contributed by atoms with Crippen LogP contribution in [-0.2, 0) is 10.0 Å². The number of anilines is 1. The van der Waals surface area contributed by atoms with Gasteiger partial charge in [0.15, 0.2) is 0 Å². The Kier molecular flexibility index (Phi) is 6.61. The zero-order valence-electron chi connectivity index (χ0n) is 16.4. The number of halogens is 2. The van der Waals surface area contributed by atoms with E-state index in [1.165, 1.54) is 10.4 Å². The molecule has 1 unspecified atom stereocenters. The molecule has 1 saturated heterocycles. The Hall–Kier alpha value is -1.96. The average molecular weight is 439 g/mol. The van der Waals surface area contributed by atoms with Gasteiger partial charge in [0.1, 0.15) is 5.82 Å². The number of hydrogen-bond donors (Lipinski definition) is 1. The molecule has 0 aromatic heterocycles. The van der Waals surface area contributed by atoms with E-state index in [0.717, 1.165) is 37.0 Å². The van der Waals surface area contributed by atoms with Crippen LogP contribution in [0, 0.1) is 12.7 Å². The Morgan fingerprint density at radius 1 is 1.24 bits per heavy atom. The first-order chi connectivity index (χ1) is 13.7. The minimum Gasteiger partial charge on any atom is -0.322 e. The maximum absolute atomic E-state index is 14.3. The van der Waals surface area contributed by atoms with E-state index in [4.69, 9.17) is 11.6 Å². The second kappa shape index (κ2) is 8.81. The largest absolute Gasteiger partial charge is 0.322 e. The van der Waals surface area contributed by atoms with E-state index in [0.29, 0.717) is 23.7 Å². The summed E-state index contributed by atoms with van der Waals surface area (Å²) in [5, 5.41) is 3.04. The molecule has 8 heteroatoms. The summed E-state index contributed by atoms with van der Waals surface area (Å²) >= 11 is 6.06. The topological polar surface area (TPSA) is 66.5 Å². The maximum atomic E-state index is 14.3. The maximum Gasteiger partial charge on any atom is 0.258 e. The minimum absolute atomic E-state index is 0.0775. The van der Waals surface area contributed by atoms with Gasteiger partial charge in [-0.15, -0.1) is 0 Å². The van der Waals surface area contributed by atoms with Gasteiger partial charge in [-0.1, -0.05) is 31.0 Å². The summed E-state index contributed by atoms with van der Waals surface area (Å²) in [6.07, 6.45) is 3.29. The monoisotopic (exact) mass is 438 g/mol. The third kappa shape index (κ3) is 4.63. The Morgan fingerprint density at radius 3 is 2.69 bits per heavy atom. The number of hydrogen-bond acceptors (Lipinski definition) is 3. The van der Waals surface area contributed by atoms with Gasteiger partial charge in [-0.05, 0) is 62.1 Å². The normalized spacial score (nSPS) is 17.9. The second-order valence-electron chi connectivity index (χ2n) is 7.23. The van der Waals surface area contributed by atoms with Crippen molar-refractivity contribution in [3.8, 4) is 0 Å². The molecule has 0 bridgehead atoms. The number of benzene rings is 2. The van der Waals surface area contributed by atoms with Crippen molar-refractivity contribution in [1.82, 2.24) is 4.31 Å². The van der Waals surface area contributed by atoms with Crippen molar-refractivity contribution in [3.05, 3.63) is 58.4 Å². The van der Waals surface area contributed by atoms with Gasteiger partial charge in [0.2, 0.25) is 10.0 Å². The molecule has 0 spiro atoms.